The maximum absolute atomic E-state index is 14.7. The van der Waals surface area contributed by atoms with E-state index in [9.17, 15) is 8.78 Å². The van der Waals surface area contributed by atoms with E-state index >= 15 is 0 Å². The fraction of sp³-hybridized carbons (Fsp3) is 0.571. The predicted molar refractivity (Wildman–Crippen MR) is 126 cm³/mol. The number of ether oxygens (including phenoxy) is 2. The van der Waals surface area contributed by atoms with E-state index in [4.69, 9.17) is 9.47 Å². The van der Waals surface area contributed by atoms with Gasteiger partial charge in [-0.1, -0.05) is 37.6 Å². The average Bonchev–Trinajstić information content (AvgIpc) is 3.40. The van der Waals surface area contributed by atoms with E-state index in [0.717, 1.165) is 87.0 Å². The van der Waals surface area contributed by atoms with Gasteiger partial charge in [0.1, 0.15) is 11.6 Å². The largest absolute Gasteiger partial charge is 0.365 e. The van der Waals surface area contributed by atoms with Gasteiger partial charge in [0.25, 0.3) is 0 Å². The zero-order chi connectivity index (χ0) is 23.3. The topological polar surface area (TPSA) is 24.9 Å². The van der Waals surface area contributed by atoms with Crippen LogP contribution in [0.25, 0.3) is 0 Å². The van der Waals surface area contributed by atoms with Gasteiger partial charge in [-0.05, 0) is 55.4 Å². The van der Waals surface area contributed by atoms with Crippen LogP contribution in [0.4, 0.5) is 8.78 Å². The molecule has 0 N–H and O–H groups in total. The Hall–Kier alpha value is -1.86. The molecule has 4 heterocycles. The number of halogens is 2. The Labute approximate surface area is 200 Å². The molecule has 0 unspecified atom stereocenters. The minimum Gasteiger partial charge on any atom is -0.365 e. The summed E-state index contributed by atoms with van der Waals surface area (Å²) in [5.41, 5.74) is 2.65. The van der Waals surface area contributed by atoms with Crippen LogP contribution in [0.15, 0.2) is 36.4 Å². The molecular weight excluding hydrogens is 434 g/mol. The lowest BCUT2D eigenvalue weighted by atomic mass is 9.82. The zero-order valence-electron chi connectivity index (χ0n) is 20.0. The van der Waals surface area contributed by atoms with Crippen LogP contribution in [0.3, 0.4) is 0 Å². The summed E-state index contributed by atoms with van der Waals surface area (Å²) in [6.07, 6.45) is 5.83. The molecule has 4 aliphatic rings. The second-order valence-electron chi connectivity index (χ2n) is 10.5. The van der Waals surface area contributed by atoms with Gasteiger partial charge in [-0.3, -0.25) is 9.80 Å². The van der Waals surface area contributed by atoms with Crippen molar-refractivity contribution >= 4 is 0 Å². The fourth-order valence-electron chi connectivity index (χ4n) is 6.98. The van der Waals surface area contributed by atoms with Crippen molar-refractivity contribution in [1.29, 1.82) is 0 Å². The molecule has 2 spiro atoms. The minimum atomic E-state index is -0.473. The Balaban J connectivity index is 1.15. The smallest absolute Gasteiger partial charge is 0.129 e. The second kappa shape index (κ2) is 8.66. The molecule has 0 bridgehead atoms. The molecule has 0 amide bonds. The van der Waals surface area contributed by atoms with E-state index in [2.05, 4.69) is 16.7 Å². The molecule has 2 aromatic rings. The van der Waals surface area contributed by atoms with Gasteiger partial charge in [0.15, 0.2) is 0 Å². The van der Waals surface area contributed by atoms with Gasteiger partial charge >= 0.3 is 0 Å². The first-order chi connectivity index (χ1) is 16.6. The third-order valence-electron chi connectivity index (χ3n) is 8.72. The number of piperidine rings is 2. The molecule has 4 aliphatic heterocycles. The lowest BCUT2D eigenvalue weighted by Gasteiger charge is -2.49. The van der Waals surface area contributed by atoms with Crippen LogP contribution >= 0.6 is 0 Å². The lowest BCUT2D eigenvalue weighted by molar-refractivity contribution is -0.120. The first-order valence-corrected chi connectivity index (χ1v) is 12.9. The first-order valence-electron chi connectivity index (χ1n) is 12.9. The van der Waals surface area contributed by atoms with Crippen molar-refractivity contribution in [2.75, 3.05) is 26.2 Å². The molecule has 0 aliphatic carbocycles. The van der Waals surface area contributed by atoms with Gasteiger partial charge in [0.2, 0.25) is 0 Å². The molecule has 2 saturated heterocycles. The van der Waals surface area contributed by atoms with Crippen molar-refractivity contribution in [3.05, 3.63) is 70.3 Å². The van der Waals surface area contributed by atoms with Gasteiger partial charge in [-0.15, -0.1) is 0 Å². The highest BCUT2D eigenvalue weighted by Gasteiger charge is 2.48. The molecule has 182 valence electrons. The summed E-state index contributed by atoms with van der Waals surface area (Å²) in [5.74, 6) is -0.252. The van der Waals surface area contributed by atoms with Gasteiger partial charge in [0.05, 0.1) is 30.6 Å². The van der Waals surface area contributed by atoms with Crippen LogP contribution < -0.4 is 0 Å². The van der Waals surface area contributed by atoms with Crippen molar-refractivity contribution < 1.29 is 18.3 Å². The van der Waals surface area contributed by atoms with E-state index in [0.29, 0.717) is 19.4 Å². The van der Waals surface area contributed by atoms with E-state index in [1.54, 1.807) is 24.3 Å². The highest BCUT2D eigenvalue weighted by Crippen LogP contribution is 2.48. The summed E-state index contributed by atoms with van der Waals surface area (Å²) in [6, 6.07) is 10.7. The summed E-state index contributed by atoms with van der Waals surface area (Å²) < 4.78 is 41.9. The number of nitrogens with zero attached hydrogens (tertiary/aromatic N) is 2. The highest BCUT2D eigenvalue weighted by molar-refractivity contribution is 5.38. The maximum atomic E-state index is 14.7. The number of hydrogen-bond donors (Lipinski definition) is 0. The quantitative estimate of drug-likeness (QED) is 0.597. The number of likely N-dealkylation sites (tertiary alicyclic amines) is 2. The predicted octanol–water partition coefficient (Wildman–Crippen LogP) is 5.43. The number of benzene rings is 2. The van der Waals surface area contributed by atoms with Crippen LogP contribution in [0.2, 0.25) is 0 Å². The molecule has 0 radical (unpaired) electrons. The zero-order valence-corrected chi connectivity index (χ0v) is 20.0. The summed E-state index contributed by atoms with van der Waals surface area (Å²) in [5, 5.41) is 0. The normalized spacial score (nSPS) is 23.6. The standard InChI is InChI=1S/C28H34F2N2O2/c1-2-5-24(31-14-10-27(11-15-31)25-20(18-33-27)6-3-8-22(25)29)32-16-12-28(13-17-32)26-21(19-34-28)7-4-9-23(26)30/h3-4,6-9,24H,2,5,10-19H2,1H3. The molecule has 0 aromatic heterocycles. The number of rotatable bonds is 4. The Morgan fingerprint density at radius 1 is 0.765 bits per heavy atom. The lowest BCUT2D eigenvalue weighted by Crippen LogP contribution is -2.56. The molecule has 34 heavy (non-hydrogen) atoms. The van der Waals surface area contributed by atoms with Gasteiger partial charge < -0.3 is 9.47 Å². The van der Waals surface area contributed by atoms with Gasteiger partial charge in [-0.2, -0.15) is 0 Å². The monoisotopic (exact) mass is 468 g/mol. The molecule has 0 atom stereocenters. The molecular formula is C28H34F2N2O2. The van der Waals surface area contributed by atoms with Crippen LogP contribution in [0.5, 0.6) is 0 Å². The Morgan fingerprint density at radius 2 is 1.21 bits per heavy atom. The molecule has 0 saturated carbocycles. The third-order valence-corrected chi connectivity index (χ3v) is 8.72. The molecule has 6 rings (SSSR count). The van der Waals surface area contributed by atoms with Crippen molar-refractivity contribution in [2.45, 2.75) is 76.0 Å². The van der Waals surface area contributed by atoms with Gasteiger partial charge in [0, 0.05) is 37.3 Å². The van der Waals surface area contributed by atoms with Gasteiger partial charge in [-0.25, -0.2) is 8.78 Å². The van der Waals surface area contributed by atoms with Crippen molar-refractivity contribution in [1.82, 2.24) is 9.80 Å². The molecule has 4 nitrogen and oxygen atoms in total. The summed E-state index contributed by atoms with van der Waals surface area (Å²) in [7, 11) is 0. The fourth-order valence-corrected chi connectivity index (χ4v) is 6.98. The highest BCUT2D eigenvalue weighted by atomic mass is 19.1. The summed E-state index contributed by atoms with van der Waals surface area (Å²) in [4.78, 5) is 5.14. The van der Waals surface area contributed by atoms with Crippen LogP contribution in [0, 0.1) is 11.6 Å². The Kier molecular flexibility index (Phi) is 5.76. The third kappa shape index (κ3) is 3.53. The number of hydrogen-bond acceptors (Lipinski definition) is 4. The van der Waals surface area contributed by atoms with E-state index in [-0.39, 0.29) is 11.6 Å². The summed E-state index contributed by atoms with van der Waals surface area (Å²) >= 11 is 0. The first kappa shape index (κ1) is 22.6. The number of fused-ring (bicyclic) bond motifs is 4. The van der Waals surface area contributed by atoms with Crippen LogP contribution in [-0.4, -0.2) is 42.1 Å². The van der Waals surface area contributed by atoms with E-state index in [1.807, 2.05) is 12.1 Å². The van der Waals surface area contributed by atoms with Crippen LogP contribution in [0.1, 0.15) is 67.7 Å². The minimum absolute atomic E-state index is 0.126. The Morgan fingerprint density at radius 3 is 1.62 bits per heavy atom. The molecule has 6 heteroatoms. The molecule has 2 aromatic carbocycles. The van der Waals surface area contributed by atoms with Crippen molar-refractivity contribution in [3.63, 3.8) is 0 Å². The average molecular weight is 469 g/mol. The summed E-state index contributed by atoms with van der Waals surface area (Å²) in [6.45, 7) is 6.85. The van der Waals surface area contributed by atoms with E-state index < -0.39 is 11.2 Å². The van der Waals surface area contributed by atoms with Crippen molar-refractivity contribution in [2.24, 2.45) is 0 Å². The molecule has 2 fully saturated rings. The van der Waals surface area contributed by atoms with Crippen molar-refractivity contribution in [3.8, 4) is 0 Å². The van der Waals surface area contributed by atoms with E-state index in [1.165, 1.54) is 0 Å². The maximum Gasteiger partial charge on any atom is 0.129 e. The SMILES string of the molecule is CCCC(N1CCC2(CC1)OCc1cccc(F)c12)N1CCC2(CC1)OCc1cccc(F)c12. The Bertz CT molecular complexity index is 977. The second-order valence-corrected chi connectivity index (χ2v) is 10.5. The van der Waals surface area contributed by atoms with Crippen LogP contribution in [-0.2, 0) is 33.9 Å².